The molecular formula is C20H18ClN3O3S. The lowest BCUT2D eigenvalue weighted by molar-refractivity contribution is 0.101. The first-order chi connectivity index (χ1) is 13.3. The highest BCUT2D eigenvalue weighted by Crippen LogP contribution is 2.31. The summed E-state index contributed by atoms with van der Waals surface area (Å²) in [6.07, 6.45) is 0. The Hall–Kier alpha value is -2.64. The number of nitrogens with one attached hydrogen (secondary N) is 1. The summed E-state index contributed by atoms with van der Waals surface area (Å²) in [6.45, 7) is 4.09. The maximum absolute atomic E-state index is 13.2. The summed E-state index contributed by atoms with van der Waals surface area (Å²) in [5.41, 5.74) is 3.89. The summed E-state index contributed by atoms with van der Waals surface area (Å²) < 4.78 is 26.2. The number of nitrogens with zero attached hydrogens (tertiary/aromatic N) is 2. The van der Waals surface area contributed by atoms with Gasteiger partial charge in [-0.25, -0.2) is 13.4 Å². The molecule has 2 heterocycles. The van der Waals surface area contributed by atoms with Crippen molar-refractivity contribution < 1.29 is 13.2 Å². The fourth-order valence-corrected chi connectivity index (χ4v) is 4.83. The SMILES string of the molecule is Cc1ccc(NC(=O)c2c(-c3ccc(Cl)cc3)nc3n2CCS3(=O)=O)c(C)c1. The molecule has 0 saturated carbocycles. The molecule has 1 aliphatic rings. The Morgan fingerprint density at radius 2 is 1.86 bits per heavy atom. The third-order valence-electron chi connectivity index (χ3n) is 4.76. The predicted molar refractivity (Wildman–Crippen MR) is 109 cm³/mol. The number of carbonyl (C=O) groups is 1. The minimum Gasteiger partial charge on any atom is -0.320 e. The molecule has 0 fully saturated rings. The van der Waals surface area contributed by atoms with E-state index in [9.17, 15) is 13.2 Å². The zero-order chi connectivity index (χ0) is 20.1. The minimum atomic E-state index is -3.50. The smallest absolute Gasteiger partial charge is 0.274 e. The quantitative estimate of drug-likeness (QED) is 0.704. The first-order valence-electron chi connectivity index (χ1n) is 8.74. The van der Waals surface area contributed by atoms with Crippen LogP contribution in [-0.4, -0.2) is 29.6 Å². The molecule has 0 aliphatic carbocycles. The molecule has 1 aromatic heterocycles. The number of halogens is 1. The Bertz CT molecular complexity index is 1200. The van der Waals surface area contributed by atoms with Gasteiger partial charge in [-0.2, -0.15) is 0 Å². The number of aromatic nitrogens is 2. The summed E-state index contributed by atoms with van der Waals surface area (Å²) in [6, 6.07) is 12.5. The first-order valence-corrected chi connectivity index (χ1v) is 10.8. The molecule has 0 unspecified atom stereocenters. The number of aryl methyl sites for hydroxylation is 2. The summed E-state index contributed by atoms with van der Waals surface area (Å²) >= 11 is 5.96. The summed E-state index contributed by atoms with van der Waals surface area (Å²) in [5, 5.41) is 3.38. The molecular weight excluding hydrogens is 398 g/mol. The van der Waals surface area contributed by atoms with E-state index in [0.717, 1.165) is 11.1 Å². The van der Waals surface area contributed by atoms with Crippen molar-refractivity contribution in [3.8, 4) is 11.3 Å². The maximum atomic E-state index is 13.2. The predicted octanol–water partition coefficient (Wildman–Crippen LogP) is 3.86. The lowest BCUT2D eigenvalue weighted by atomic mass is 10.1. The van der Waals surface area contributed by atoms with Crippen molar-refractivity contribution in [2.45, 2.75) is 25.5 Å². The molecule has 1 N–H and O–H groups in total. The van der Waals surface area contributed by atoms with Crippen molar-refractivity contribution in [2.24, 2.45) is 0 Å². The van der Waals surface area contributed by atoms with Crippen LogP contribution < -0.4 is 5.32 Å². The number of hydrogen-bond donors (Lipinski definition) is 1. The molecule has 0 radical (unpaired) electrons. The van der Waals surface area contributed by atoms with Gasteiger partial charge in [-0.1, -0.05) is 41.4 Å². The van der Waals surface area contributed by atoms with Crippen LogP contribution in [-0.2, 0) is 16.4 Å². The number of benzene rings is 2. The number of hydrogen-bond acceptors (Lipinski definition) is 4. The second-order valence-electron chi connectivity index (χ2n) is 6.84. The van der Waals surface area contributed by atoms with Crippen molar-refractivity contribution in [2.75, 3.05) is 11.1 Å². The maximum Gasteiger partial charge on any atom is 0.274 e. The average Bonchev–Trinajstić information content (AvgIpc) is 3.16. The topological polar surface area (TPSA) is 81.1 Å². The second-order valence-corrected chi connectivity index (χ2v) is 9.28. The number of fused-ring (bicyclic) bond motifs is 1. The highest BCUT2D eigenvalue weighted by Gasteiger charge is 2.35. The molecule has 8 heteroatoms. The lowest BCUT2D eigenvalue weighted by Crippen LogP contribution is -2.18. The van der Waals surface area contributed by atoms with Crippen LogP contribution in [0.1, 0.15) is 21.6 Å². The molecule has 0 spiro atoms. The van der Waals surface area contributed by atoms with Crippen LogP contribution in [0.2, 0.25) is 5.02 Å². The van der Waals surface area contributed by atoms with Crippen LogP contribution in [0.15, 0.2) is 47.6 Å². The number of sulfone groups is 1. The van der Waals surface area contributed by atoms with Crippen LogP contribution in [0.4, 0.5) is 5.69 Å². The van der Waals surface area contributed by atoms with Crippen LogP contribution in [0.3, 0.4) is 0 Å². The number of imidazole rings is 1. The van der Waals surface area contributed by atoms with Crippen molar-refractivity contribution in [3.63, 3.8) is 0 Å². The second kappa shape index (κ2) is 6.76. The zero-order valence-corrected chi connectivity index (χ0v) is 16.9. The third-order valence-corrected chi connectivity index (χ3v) is 6.60. The Morgan fingerprint density at radius 3 is 2.54 bits per heavy atom. The van der Waals surface area contributed by atoms with E-state index >= 15 is 0 Å². The van der Waals surface area contributed by atoms with Crippen molar-refractivity contribution in [1.82, 2.24) is 9.55 Å². The molecule has 3 aromatic rings. The number of amides is 1. The van der Waals surface area contributed by atoms with Gasteiger partial charge in [0, 0.05) is 22.8 Å². The Morgan fingerprint density at radius 1 is 1.14 bits per heavy atom. The van der Waals surface area contributed by atoms with E-state index in [1.54, 1.807) is 24.3 Å². The molecule has 4 rings (SSSR count). The van der Waals surface area contributed by atoms with Gasteiger partial charge in [0.25, 0.3) is 5.91 Å². The van der Waals surface area contributed by atoms with Gasteiger partial charge in [-0.3, -0.25) is 4.79 Å². The Labute approximate surface area is 168 Å². The molecule has 0 bridgehead atoms. The molecule has 144 valence electrons. The van der Waals surface area contributed by atoms with Crippen LogP contribution >= 0.6 is 11.6 Å². The van der Waals surface area contributed by atoms with E-state index < -0.39 is 15.7 Å². The number of carbonyl (C=O) groups excluding carboxylic acids is 1. The van der Waals surface area contributed by atoms with Gasteiger partial charge in [0.1, 0.15) is 11.4 Å². The van der Waals surface area contributed by atoms with E-state index in [0.29, 0.717) is 22.0 Å². The Kier molecular flexibility index (Phi) is 4.51. The molecule has 2 aromatic carbocycles. The normalized spacial score (nSPS) is 14.7. The van der Waals surface area contributed by atoms with Crippen molar-refractivity contribution >= 4 is 33.0 Å². The number of rotatable bonds is 3. The lowest BCUT2D eigenvalue weighted by Gasteiger charge is -2.11. The van der Waals surface area contributed by atoms with E-state index in [1.165, 1.54) is 4.57 Å². The summed E-state index contributed by atoms with van der Waals surface area (Å²) in [4.78, 5) is 17.5. The van der Waals surface area contributed by atoms with Gasteiger partial charge in [0.15, 0.2) is 0 Å². The van der Waals surface area contributed by atoms with E-state index in [-0.39, 0.29) is 23.1 Å². The fraction of sp³-hybridized carbons (Fsp3) is 0.200. The van der Waals surface area contributed by atoms with Gasteiger partial charge < -0.3 is 9.88 Å². The van der Waals surface area contributed by atoms with E-state index in [4.69, 9.17) is 11.6 Å². The van der Waals surface area contributed by atoms with E-state index in [1.807, 2.05) is 32.0 Å². The first kappa shape index (κ1) is 18.7. The molecule has 6 nitrogen and oxygen atoms in total. The molecule has 0 atom stereocenters. The average molecular weight is 416 g/mol. The monoisotopic (exact) mass is 415 g/mol. The highest BCUT2D eigenvalue weighted by atomic mass is 35.5. The molecule has 28 heavy (non-hydrogen) atoms. The zero-order valence-electron chi connectivity index (χ0n) is 15.4. The van der Waals surface area contributed by atoms with Crippen LogP contribution in [0, 0.1) is 13.8 Å². The fourth-order valence-electron chi connectivity index (χ4n) is 3.35. The van der Waals surface area contributed by atoms with Gasteiger partial charge in [0.2, 0.25) is 15.0 Å². The molecule has 0 saturated heterocycles. The third kappa shape index (κ3) is 3.21. The van der Waals surface area contributed by atoms with Crippen molar-refractivity contribution in [1.29, 1.82) is 0 Å². The van der Waals surface area contributed by atoms with Gasteiger partial charge in [-0.15, -0.1) is 0 Å². The van der Waals surface area contributed by atoms with E-state index in [2.05, 4.69) is 10.3 Å². The summed E-state index contributed by atoms with van der Waals surface area (Å²) in [7, 11) is -3.50. The standard InChI is InChI=1S/C20H18ClN3O3S/c1-12-3-8-16(13(2)11-12)22-19(25)18-17(14-4-6-15(21)7-5-14)23-20-24(18)9-10-28(20,26)27/h3-8,11H,9-10H2,1-2H3,(H,22,25). The highest BCUT2D eigenvalue weighted by molar-refractivity contribution is 7.91. The summed E-state index contributed by atoms with van der Waals surface area (Å²) in [5.74, 6) is -0.451. The number of anilines is 1. The molecule has 1 aliphatic heterocycles. The minimum absolute atomic E-state index is 0.0555. The molecule has 1 amide bonds. The van der Waals surface area contributed by atoms with Crippen LogP contribution in [0.25, 0.3) is 11.3 Å². The van der Waals surface area contributed by atoms with Crippen molar-refractivity contribution in [3.05, 3.63) is 64.3 Å². The Balaban J connectivity index is 1.83. The van der Waals surface area contributed by atoms with Gasteiger partial charge in [-0.05, 0) is 37.6 Å². The largest absolute Gasteiger partial charge is 0.320 e. The van der Waals surface area contributed by atoms with Gasteiger partial charge >= 0.3 is 0 Å². The van der Waals surface area contributed by atoms with Gasteiger partial charge in [0.05, 0.1) is 5.75 Å². The van der Waals surface area contributed by atoms with Crippen LogP contribution in [0.5, 0.6) is 0 Å².